The van der Waals surface area contributed by atoms with Crippen molar-refractivity contribution in [2.75, 3.05) is 0 Å². The molecule has 0 radical (unpaired) electrons. The van der Waals surface area contributed by atoms with Gasteiger partial charge in [0.15, 0.2) is 0 Å². The summed E-state index contributed by atoms with van der Waals surface area (Å²) >= 11 is 0. The highest BCUT2D eigenvalue weighted by molar-refractivity contribution is 4.88. The Hall–Kier alpha value is 0. The van der Waals surface area contributed by atoms with Gasteiger partial charge in [0.1, 0.15) is 0 Å². The van der Waals surface area contributed by atoms with Crippen LogP contribution in [0.4, 0.5) is 0 Å². The minimum atomic E-state index is 0.900. The van der Waals surface area contributed by atoms with Gasteiger partial charge in [-0.2, -0.15) is 0 Å². The molecule has 0 spiro atoms. The van der Waals surface area contributed by atoms with E-state index in [2.05, 4.69) is 20.8 Å². The summed E-state index contributed by atoms with van der Waals surface area (Å²) in [5.74, 6) is 5.29. The van der Waals surface area contributed by atoms with Gasteiger partial charge in [-0.15, -0.1) is 0 Å². The van der Waals surface area contributed by atoms with E-state index < -0.39 is 0 Å². The molecular formula is C18H34. The van der Waals surface area contributed by atoms with E-state index in [-0.39, 0.29) is 0 Å². The molecule has 2 aliphatic rings. The highest BCUT2D eigenvalue weighted by Gasteiger charge is 2.37. The standard InChI is InChI=1S/C18H34/c1-14(2)7-5-4-6-8-15(3)17-11-12-18(13-17)16-9-10-16/h14-18H,4-13H2,1-3H3. The molecule has 0 aromatic carbocycles. The summed E-state index contributed by atoms with van der Waals surface area (Å²) in [6.45, 7) is 7.22. The maximum absolute atomic E-state index is 2.53. The number of hydrogen-bond donors (Lipinski definition) is 0. The molecule has 0 bridgehead atoms. The van der Waals surface area contributed by atoms with Crippen LogP contribution in [0.3, 0.4) is 0 Å². The van der Waals surface area contributed by atoms with Crippen LogP contribution in [0.2, 0.25) is 0 Å². The van der Waals surface area contributed by atoms with E-state index in [0.717, 1.165) is 29.6 Å². The summed E-state index contributed by atoms with van der Waals surface area (Å²) in [5.41, 5.74) is 0. The van der Waals surface area contributed by atoms with Crippen LogP contribution < -0.4 is 0 Å². The van der Waals surface area contributed by atoms with Crippen LogP contribution in [0.25, 0.3) is 0 Å². The Bertz CT molecular complexity index is 226. The van der Waals surface area contributed by atoms with Gasteiger partial charge in [0.2, 0.25) is 0 Å². The second-order valence-electron chi connectivity index (χ2n) is 7.68. The van der Waals surface area contributed by atoms with Crippen LogP contribution in [0.15, 0.2) is 0 Å². The normalized spacial score (nSPS) is 30.0. The van der Waals surface area contributed by atoms with Gasteiger partial charge in [0.25, 0.3) is 0 Å². The Kier molecular flexibility index (Phi) is 5.57. The molecule has 2 rings (SSSR count). The van der Waals surface area contributed by atoms with E-state index in [1.165, 1.54) is 32.1 Å². The van der Waals surface area contributed by atoms with Crippen molar-refractivity contribution in [1.82, 2.24) is 0 Å². The molecule has 0 aromatic rings. The second kappa shape index (κ2) is 6.96. The molecule has 2 saturated carbocycles. The molecule has 0 saturated heterocycles. The molecule has 0 N–H and O–H groups in total. The predicted octanol–water partition coefficient (Wildman–Crippen LogP) is 6.06. The van der Waals surface area contributed by atoms with Crippen LogP contribution in [0.5, 0.6) is 0 Å². The summed E-state index contributed by atoms with van der Waals surface area (Å²) in [7, 11) is 0. The van der Waals surface area contributed by atoms with Crippen molar-refractivity contribution < 1.29 is 0 Å². The molecule has 18 heavy (non-hydrogen) atoms. The highest BCUT2D eigenvalue weighted by Crippen LogP contribution is 2.49. The van der Waals surface area contributed by atoms with Crippen LogP contribution in [0.1, 0.15) is 85.0 Å². The number of rotatable bonds is 8. The van der Waals surface area contributed by atoms with Crippen molar-refractivity contribution in [3.63, 3.8) is 0 Å². The summed E-state index contributed by atoms with van der Waals surface area (Å²) < 4.78 is 0. The lowest BCUT2D eigenvalue weighted by Gasteiger charge is -2.19. The lowest BCUT2D eigenvalue weighted by Crippen LogP contribution is -2.09. The number of hydrogen-bond acceptors (Lipinski definition) is 0. The van der Waals surface area contributed by atoms with Gasteiger partial charge in [-0.1, -0.05) is 52.9 Å². The molecule has 106 valence electrons. The molecule has 0 amide bonds. The molecular weight excluding hydrogens is 216 g/mol. The molecule has 0 heteroatoms. The highest BCUT2D eigenvalue weighted by atomic mass is 14.4. The minimum Gasteiger partial charge on any atom is -0.0628 e. The fourth-order valence-corrected chi connectivity index (χ4v) is 4.00. The molecule has 0 aromatic heterocycles. The molecule has 3 unspecified atom stereocenters. The van der Waals surface area contributed by atoms with Crippen molar-refractivity contribution in [3.05, 3.63) is 0 Å². The fourth-order valence-electron chi connectivity index (χ4n) is 4.00. The Morgan fingerprint density at radius 2 is 1.44 bits per heavy atom. The van der Waals surface area contributed by atoms with Gasteiger partial charge in [-0.3, -0.25) is 0 Å². The largest absolute Gasteiger partial charge is 0.0628 e. The van der Waals surface area contributed by atoms with Gasteiger partial charge < -0.3 is 0 Å². The van der Waals surface area contributed by atoms with Crippen LogP contribution in [-0.2, 0) is 0 Å². The third kappa shape index (κ3) is 4.59. The van der Waals surface area contributed by atoms with Crippen molar-refractivity contribution >= 4 is 0 Å². The zero-order valence-corrected chi connectivity index (χ0v) is 13.0. The first kappa shape index (κ1) is 14.4. The van der Waals surface area contributed by atoms with Crippen LogP contribution >= 0.6 is 0 Å². The quantitative estimate of drug-likeness (QED) is 0.460. The topological polar surface area (TPSA) is 0 Å². The Morgan fingerprint density at radius 1 is 0.778 bits per heavy atom. The average molecular weight is 250 g/mol. The Morgan fingerprint density at radius 3 is 2.11 bits per heavy atom. The smallest absolute Gasteiger partial charge is 0.0383 e. The van der Waals surface area contributed by atoms with E-state index in [1.807, 2.05) is 0 Å². The lowest BCUT2D eigenvalue weighted by molar-refractivity contribution is 0.316. The molecule has 0 nitrogen and oxygen atoms in total. The minimum absolute atomic E-state index is 0.900. The number of unbranched alkanes of at least 4 members (excludes halogenated alkanes) is 2. The van der Waals surface area contributed by atoms with Crippen molar-refractivity contribution in [1.29, 1.82) is 0 Å². The zero-order valence-electron chi connectivity index (χ0n) is 13.0. The van der Waals surface area contributed by atoms with Crippen LogP contribution in [-0.4, -0.2) is 0 Å². The van der Waals surface area contributed by atoms with Crippen molar-refractivity contribution in [3.8, 4) is 0 Å². The average Bonchev–Trinajstić information content (AvgIpc) is 3.06. The molecule has 2 aliphatic carbocycles. The first-order valence-electron chi connectivity index (χ1n) is 8.66. The van der Waals surface area contributed by atoms with E-state index in [1.54, 1.807) is 32.1 Å². The molecule has 3 atom stereocenters. The van der Waals surface area contributed by atoms with Gasteiger partial charge in [-0.25, -0.2) is 0 Å². The van der Waals surface area contributed by atoms with E-state index >= 15 is 0 Å². The Labute approximate surface area is 115 Å². The fraction of sp³-hybridized carbons (Fsp3) is 1.00. The van der Waals surface area contributed by atoms with Crippen molar-refractivity contribution in [2.24, 2.45) is 29.6 Å². The monoisotopic (exact) mass is 250 g/mol. The SMILES string of the molecule is CC(C)CCCCCC(C)C1CCC(C2CC2)C1. The van der Waals surface area contributed by atoms with Crippen LogP contribution in [0, 0.1) is 29.6 Å². The molecule has 0 aliphatic heterocycles. The maximum Gasteiger partial charge on any atom is -0.0383 e. The molecule has 2 fully saturated rings. The Balaban J connectivity index is 1.53. The van der Waals surface area contributed by atoms with Gasteiger partial charge in [-0.05, 0) is 61.7 Å². The van der Waals surface area contributed by atoms with Gasteiger partial charge >= 0.3 is 0 Å². The zero-order chi connectivity index (χ0) is 13.0. The first-order valence-corrected chi connectivity index (χ1v) is 8.66. The van der Waals surface area contributed by atoms with E-state index in [9.17, 15) is 0 Å². The van der Waals surface area contributed by atoms with E-state index in [4.69, 9.17) is 0 Å². The van der Waals surface area contributed by atoms with E-state index in [0.29, 0.717) is 0 Å². The third-order valence-electron chi connectivity index (χ3n) is 5.55. The van der Waals surface area contributed by atoms with Gasteiger partial charge in [0, 0.05) is 0 Å². The summed E-state index contributed by atoms with van der Waals surface area (Å²) in [4.78, 5) is 0. The summed E-state index contributed by atoms with van der Waals surface area (Å²) in [6.07, 6.45) is 15.2. The molecule has 0 heterocycles. The summed E-state index contributed by atoms with van der Waals surface area (Å²) in [5, 5.41) is 0. The lowest BCUT2D eigenvalue weighted by atomic mass is 9.86. The second-order valence-corrected chi connectivity index (χ2v) is 7.68. The maximum atomic E-state index is 2.53. The first-order chi connectivity index (χ1) is 8.66. The van der Waals surface area contributed by atoms with Gasteiger partial charge in [0.05, 0.1) is 0 Å². The predicted molar refractivity (Wildman–Crippen MR) is 80.6 cm³/mol. The third-order valence-corrected chi connectivity index (χ3v) is 5.55. The summed E-state index contributed by atoms with van der Waals surface area (Å²) in [6, 6.07) is 0. The van der Waals surface area contributed by atoms with Crippen molar-refractivity contribution in [2.45, 2.75) is 85.0 Å².